The first-order valence-electron chi connectivity index (χ1n) is 7.76. The Morgan fingerprint density at radius 1 is 1.04 bits per heavy atom. The van der Waals surface area contributed by atoms with E-state index in [2.05, 4.69) is 30.7 Å². The summed E-state index contributed by atoms with van der Waals surface area (Å²) >= 11 is 0. The highest BCUT2D eigenvalue weighted by Crippen LogP contribution is 2.16. The molecule has 2 N–H and O–H groups in total. The van der Waals surface area contributed by atoms with Gasteiger partial charge < -0.3 is 25.0 Å². The van der Waals surface area contributed by atoms with Crippen molar-refractivity contribution in [3.63, 3.8) is 0 Å². The Hall–Kier alpha value is -2.61. The maximum Gasteiger partial charge on any atom is 0.244 e. The average molecular weight is 332 g/mol. The van der Waals surface area contributed by atoms with Gasteiger partial charge in [-0.1, -0.05) is 0 Å². The predicted molar refractivity (Wildman–Crippen MR) is 93.8 cm³/mol. The highest BCUT2D eigenvalue weighted by Gasteiger charge is 2.01. The lowest BCUT2D eigenvalue weighted by molar-refractivity contribution is 0.331. The number of likely N-dealkylation sites (N-methyl/N-ethyl adjacent to an activating group) is 1. The molecule has 0 aliphatic carbocycles. The fourth-order valence-electron chi connectivity index (χ4n) is 1.87. The van der Waals surface area contributed by atoms with Crippen LogP contribution in [0.2, 0.25) is 0 Å². The molecular formula is C16H24N6O2. The molecule has 0 atom stereocenters. The number of anilines is 2. The lowest BCUT2D eigenvalue weighted by atomic mass is 10.3. The number of rotatable bonds is 10. The first kappa shape index (κ1) is 17.7. The second kappa shape index (κ2) is 9.51. The molecule has 1 aromatic carbocycles. The second-order valence-electron chi connectivity index (χ2n) is 5.35. The molecule has 24 heavy (non-hydrogen) atoms. The summed E-state index contributed by atoms with van der Waals surface area (Å²) in [6.07, 6.45) is 1.59. The molecular weight excluding hydrogens is 308 g/mol. The summed E-state index contributed by atoms with van der Waals surface area (Å²) in [5.41, 5.74) is 0. The van der Waals surface area contributed by atoms with E-state index in [1.165, 1.54) is 0 Å². The SMILES string of the molecule is COc1ccc(OCCNc2cnnc(NCCN(C)C)n2)cc1. The van der Waals surface area contributed by atoms with Gasteiger partial charge in [-0.25, -0.2) is 0 Å². The average Bonchev–Trinajstić information content (AvgIpc) is 2.59. The van der Waals surface area contributed by atoms with Gasteiger partial charge in [0.15, 0.2) is 5.82 Å². The number of nitrogens with one attached hydrogen (secondary N) is 2. The minimum absolute atomic E-state index is 0.512. The predicted octanol–water partition coefficient (Wildman–Crippen LogP) is 1.34. The third kappa shape index (κ3) is 6.25. The number of ether oxygens (including phenoxy) is 2. The first-order valence-corrected chi connectivity index (χ1v) is 7.76. The van der Waals surface area contributed by atoms with Crippen molar-refractivity contribution in [2.24, 2.45) is 0 Å². The number of benzene rings is 1. The summed E-state index contributed by atoms with van der Waals surface area (Å²) in [6.45, 7) is 2.79. The Kier molecular flexibility index (Phi) is 7.03. The zero-order valence-corrected chi connectivity index (χ0v) is 14.3. The van der Waals surface area contributed by atoms with E-state index in [0.29, 0.717) is 24.9 Å². The van der Waals surface area contributed by atoms with E-state index in [1.54, 1.807) is 13.3 Å². The minimum Gasteiger partial charge on any atom is -0.497 e. The maximum absolute atomic E-state index is 5.65. The largest absolute Gasteiger partial charge is 0.497 e. The summed E-state index contributed by atoms with van der Waals surface area (Å²) < 4.78 is 10.8. The molecule has 0 fully saturated rings. The van der Waals surface area contributed by atoms with E-state index in [9.17, 15) is 0 Å². The molecule has 130 valence electrons. The van der Waals surface area contributed by atoms with Crippen molar-refractivity contribution in [1.29, 1.82) is 0 Å². The van der Waals surface area contributed by atoms with Gasteiger partial charge in [0.1, 0.15) is 18.1 Å². The standard InChI is InChI=1S/C16H24N6O2/c1-22(2)10-8-18-16-20-15(12-19-21-16)17-9-11-24-14-6-4-13(23-3)5-7-14/h4-7,12H,8-11H2,1-3H3,(H2,17,18,20,21). The van der Waals surface area contributed by atoms with Crippen molar-refractivity contribution < 1.29 is 9.47 Å². The normalized spacial score (nSPS) is 10.5. The van der Waals surface area contributed by atoms with Crippen LogP contribution in [-0.4, -0.2) is 67.5 Å². The van der Waals surface area contributed by atoms with Crippen molar-refractivity contribution in [2.75, 3.05) is 58.1 Å². The number of methoxy groups -OCH3 is 1. The van der Waals surface area contributed by atoms with Gasteiger partial charge in [-0.2, -0.15) is 10.1 Å². The summed E-state index contributed by atoms with van der Waals surface area (Å²) in [6, 6.07) is 7.47. The van der Waals surface area contributed by atoms with E-state index >= 15 is 0 Å². The number of aromatic nitrogens is 3. The lowest BCUT2D eigenvalue weighted by Gasteiger charge is -2.11. The number of nitrogens with zero attached hydrogens (tertiary/aromatic N) is 4. The van der Waals surface area contributed by atoms with Crippen LogP contribution in [0.1, 0.15) is 0 Å². The highest BCUT2D eigenvalue weighted by molar-refractivity contribution is 5.37. The Morgan fingerprint density at radius 2 is 1.79 bits per heavy atom. The van der Waals surface area contributed by atoms with Crippen molar-refractivity contribution in [3.8, 4) is 11.5 Å². The Labute approximate surface area is 142 Å². The Bertz CT molecular complexity index is 606. The molecule has 8 nitrogen and oxygen atoms in total. The van der Waals surface area contributed by atoms with Crippen molar-refractivity contribution in [3.05, 3.63) is 30.5 Å². The number of hydrogen-bond acceptors (Lipinski definition) is 8. The monoisotopic (exact) mass is 332 g/mol. The first-order chi connectivity index (χ1) is 11.7. The molecule has 2 aromatic rings. The summed E-state index contributed by atoms with van der Waals surface area (Å²) in [5.74, 6) is 2.78. The molecule has 8 heteroatoms. The van der Waals surface area contributed by atoms with Crippen LogP contribution < -0.4 is 20.1 Å². The van der Waals surface area contributed by atoms with Gasteiger partial charge in [0.2, 0.25) is 5.95 Å². The zero-order valence-electron chi connectivity index (χ0n) is 14.3. The van der Waals surface area contributed by atoms with Gasteiger partial charge in [-0.05, 0) is 38.4 Å². The molecule has 0 bridgehead atoms. The molecule has 0 aliphatic heterocycles. The molecule has 0 saturated heterocycles. The van der Waals surface area contributed by atoms with Gasteiger partial charge in [-0.3, -0.25) is 0 Å². The molecule has 0 saturated carbocycles. The van der Waals surface area contributed by atoms with Crippen LogP contribution in [0, 0.1) is 0 Å². The second-order valence-corrected chi connectivity index (χ2v) is 5.35. The Morgan fingerprint density at radius 3 is 2.50 bits per heavy atom. The van der Waals surface area contributed by atoms with Crippen LogP contribution in [0.15, 0.2) is 30.5 Å². The quantitative estimate of drug-likeness (QED) is 0.631. The smallest absolute Gasteiger partial charge is 0.244 e. The van der Waals surface area contributed by atoms with Gasteiger partial charge in [0.25, 0.3) is 0 Å². The van der Waals surface area contributed by atoms with Crippen LogP contribution in [0.5, 0.6) is 11.5 Å². The molecule has 0 unspecified atom stereocenters. The van der Waals surface area contributed by atoms with Gasteiger partial charge in [0.05, 0.1) is 19.9 Å². The van der Waals surface area contributed by atoms with Crippen LogP contribution >= 0.6 is 0 Å². The van der Waals surface area contributed by atoms with Crippen molar-refractivity contribution in [1.82, 2.24) is 20.1 Å². The van der Waals surface area contributed by atoms with Gasteiger partial charge in [0, 0.05) is 13.1 Å². The van der Waals surface area contributed by atoms with Crippen molar-refractivity contribution >= 4 is 11.8 Å². The van der Waals surface area contributed by atoms with Crippen LogP contribution in [-0.2, 0) is 0 Å². The molecule has 1 heterocycles. The molecule has 0 radical (unpaired) electrons. The van der Waals surface area contributed by atoms with Crippen LogP contribution in [0.4, 0.5) is 11.8 Å². The fraction of sp³-hybridized carbons (Fsp3) is 0.438. The Balaban J connectivity index is 1.71. The summed E-state index contributed by atoms with van der Waals surface area (Å²) in [5, 5.41) is 14.2. The van der Waals surface area contributed by atoms with Crippen LogP contribution in [0.25, 0.3) is 0 Å². The third-order valence-electron chi connectivity index (χ3n) is 3.14. The fourth-order valence-corrected chi connectivity index (χ4v) is 1.87. The van der Waals surface area contributed by atoms with E-state index in [0.717, 1.165) is 24.6 Å². The van der Waals surface area contributed by atoms with E-state index in [4.69, 9.17) is 9.47 Å². The molecule has 0 aliphatic rings. The zero-order chi connectivity index (χ0) is 17.2. The third-order valence-corrected chi connectivity index (χ3v) is 3.14. The van der Waals surface area contributed by atoms with E-state index in [-0.39, 0.29) is 0 Å². The lowest BCUT2D eigenvalue weighted by Crippen LogP contribution is -2.22. The van der Waals surface area contributed by atoms with Crippen LogP contribution in [0.3, 0.4) is 0 Å². The highest BCUT2D eigenvalue weighted by atomic mass is 16.5. The van der Waals surface area contributed by atoms with E-state index < -0.39 is 0 Å². The minimum atomic E-state index is 0.512. The number of hydrogen-bond donors (Lipinski definition) is 2. The topological polar surface area (TPSA) is 84.4 Å². The van der Waals surface area contributed by atoms with Gasteiger partial charge in [-0.15, -0.1) is 5.10 Å². The molecule has 0 spiro atoms. The van der Waals surface area contributed by atoms with Gasteiger partial charge >= 0.3 is 0 Å². The summed E-state index contributed by atoms with van der Waals surface area (Å²) in [4.78, 5) is 6.43. The van der Waals surface area contributed by atoms with Crippen molar-refractivity contribution in [2.45, 2.75) is 0 Å². The molecule has 1 aromatic heterocycles. The maximum atomic E-state index is 5.65. The summed E-state index contributed by atoms with van der Waals surface area (Å²) in [7, 11) is 5.67. The molecule has 0 amide bonds. The molecule has 2 rings (SSSR count). The van der Waals surface area contributed by atoms with E-state index in [1.807, 2.05) is 38.4 Å².